The van der Waals surface area contributed by atoms with Crippen LogP contribution < -0.4 is 5.32 Å². The molecule has 0 saturated carbocycles. The van der Waals surface area contributed by atoms with Gasteiger partial charge in [-0.1, -0.05) is 38.8 Å². The molecular weight excluding hydrogens is 297 g/mol. The zero-order chi connectivity index (χ0) is 15.1. The number of hydrogen-bond donors (Lipinski definition) is 1. The summed E-state index contributed by atoms with van der Waals surface area (Å²) in [6, 6.07) is 4.53. The van der Waals surface area contributed by atoms with Crippen LogP contribution in [0.15, 0.2) is 23.1 Å². The van der Waals surface area contributed by atoms with E-state index in [2.05, 4.69) is 12.2 Å². The Labute approximate surface area is 128 Å². The van der Waals surface area contributed by atoms with E-state index in [0.29, 0.717) is 4.90 Å². The second kappa shape index (κ2) is 8.75. The summed E-state index contributed by atoms with van der Waals surface area (Å²) >= 11 is 5.78. The van der Waals surface area contributed by atoms with Crippen molar-refractivity contribution >= 4 is 22.4 Å². The van der Waals surface area contributed by atoms with Crippen molar-refractivity contribution in [2.24, 2.45) is 0 Å². The number of nitrogens with one attached hydrogen (secondary N) is 1. The van der Waals surface area contributed by atoms with Gasteiger partial charge in [0.1, 0.15) is 5.82 Å². The van der Waals surface area contributed by atoms with E-state index in [1.54, 1.807) is 6.07 Å². The van der Waals surface area contributed by atoms with Crippen LogP contribution >= 0.6 is 11.6 Å². The van der Waals surface area contributed by atoms with Crippen molar-refractivity contribution in [1.29, 1.82) is 0 Å². The van der Waals surface area contributed by atoms with Gasteiger partial charge in [0.25, 0.3) is 0 Å². The maximum atomic E-state index is 13.2. The average molecular weight is 320 g/mol. The fourth-order valence-corrected chi connectivity index (χ4v) is 4.22. The lowest BCUT2D eigenvalue weighted by atomic mass is 10.1. The van der Waals surface area contributed by atoms with E-state index < -0.39 is 16.6 Å². The lowest BCUT2D eigenvalue weighted by Gasteiger charge is -2.26. The molecule has 0 aliphatic carbocycles. The molecule has 1 aromatic rings. The molecule has 3 atom stereocenters. The largest absolute Gasteiger partial charge is 0.313 e. The van der Waals surface area contributed by atoms with Crippen molar-refractivity contribution in [2.75, 3.05) is 6.54 Å². The molecule has 0 radical (unpaired) electrons. The van der Waals surface area contributed by atoms with Gasteiger partial charge in [-0.05, 0) is 37.6 Å². The van der Waals surface area contributed by atoms with Crippen molar-refractivity contribution in [1.82, 2.24) is 5.32 Å². The molecule has 114 valence electrons. The first kappa shape index (κ1) is 17.6. The zero-order valence-corrected chi connectivity index (χ0v) is 13.9. The standard InChI is InChI=1S/C15H23ClFNOS/c1-4-7-14(18-6-3)15(5-2)20(19)11-8-9-13(17)12(16)10-11/h8-10,14-15,18H,4-7H2,1-3H3. The Balaban J connectivity index is 2.96. The highest BCUT2D eigenvalue weighted by molar-refractivity contribution is 7.85. The van der Waals surface area contributed by atoms with Gasteiger partial charge in [-0.15, -0.1) is 0 Å². The highest BCUT2D eigenvalue weighted by Gasteiger charge is 2.25. The topological polar surface area (TPSA) is 29.1 Å². The molecule has 0 fully saturated rings. The summed E-state index contributed by atoms with van der Waals surface area (Å²) in [4.78, 5) is 0.599. The third-order valence-corrected chi connectivity index (χ3v) is 5.54. The number of rotatable bonds is 8. The van der Waals surface area contributed by atoms with Crippen molar-refractivity contribution in [2.45, 2.75) is 56.2 Å². The van der Waals surface area contributed by atoms with Crippen molar-refractivity contribution in [3.05, 3.63) is 29.0 Å². The lowest BCUT2D eigenvalue weighted by Crippen LogP contribution is -2.41. The van der Waals surface area contributed by atoms with E-state index in [0.717, 1.165) is 25.8 Å². The van der Waals surface area contributed by atoms with Crippen LogP contribution in [0.25, 0.3) is 0 Å². The molecule has 0 aliphatic rings. The number of halogens is 2. The molecule has 3 unspecified atom stereocenters. The molecule has 1 rings (SSSR count). The molecule has 0 bridgehead atoms. The minimum atomic E-state index is -1.19. The summed E-state index contributed by atoms with van der Waals surface area (Å²) in [6.45, 7) is 7.05. The second-order valence-electron chi connectivity index (χ2n) is 4.77. The Morgan fingerprint density at radius 2 is 2.05 bits per heavy atom. The zero-order valence-electron chi connectivity index (χ0n) is 12.3. The third-order valence-electron chi connectivity index (χ3n) is 3.32. The van der Waals surface area contributed by atoms with E-state index in [9.17, 15) is 8.60 Å². The van der Waals surface area contributed by atoms with Gasteiger partial charge in [0.15, 0.2) is 0 Å². The van der Waals surface area contributed by atoms with E-state index in [1.807, 2.05) is 13.8 Å². The van der Waals surface area contributed by atoms with Gasteiger partial charge in [-0.2, -0.15) is 0 Å². The van der Waals surface area contributed by atoms with E-state index in [-0.39, 0.29) is 16.3 Å². The SMILES string of the molecule is CCCC(NCC)C(CC)S(=O)c1ccc(F)c(Cl)c1. The summed E-state index contributed by atoms with van der Waals surface area (Å²) in [5, 5.41) is 3.45. The summed E-state index contributed by atoms with van der Waals surface area (Å²) < 4.78 is 25.9. The van der Waals surface area contributed by atoms with Gasteiger partial charge in [-0.25, -0.2) is 4.39 Å². The summed E-state index contributed by atoms with van der Waals surface area (Å²) in [7, 11) is -1.19. The molecule has 20 heavy (non-hydrogen) atoms. The van der Waals surface area contributed by atoms with E-state index in [1.165, 1.54) is 12.1 Å². The van der Waals surface area contributed by atoms with Crippen LogP contribution in [0.3, 0.4) is 0 Å². The first-order valence-electron chi connectivity index (χ1n) is 7.14. The highest BCUT2D eigenvalue weighted by atomic mass is 35.5. The van der Waals surface area contributed by atoms with Gasteiger partial charge in [-0.3, -0.25) is 4.21 Å². The van der Waals surface area contributed by atoms with Gasteiger partial charge in [0.05, 0.1) is 21.1 Å². The fourth-order valence-electron chi connectivity index (χ4n) is 2.35. The Hall–Kier alpha value is -0.450. The Bertz CT molecular complexity index is 449. The Morgan fingerprint density at radius 1 is 1.35 bits per heavy atom. The van der Waals surface area contributed by atoms with Gasteiger partial charge < -0.3 is 5.32 Å². The van der Waals surface area contributed by atoms with Crippen LogP contribution in [-0.4, -0.2) is 22.0 Å². The molecular formula is C15H23ClFNOS. The lowest BCUT2D eigenvalue weighted by molar-refractivity contribution is 0.458. The predicted octanol–water partition coefficient (Wildman–Crippen LogP) is 4.14. The Kier molecular flexibility index (Phi) is 7.70. The van der Waals surface area contributed by atoms with E-state index >= 15 is 0 Å². The smallest absolute Gasteiger partial charge is 0.141 e. The normalized spacial score (nSPS) is 15.8. The van der Waals surface area contributed by atoms with Crippen molar-refractivity contribution in [3.8, 4) is 0 Å². The molecule has 0 amide bonds. The molecule has 2 nitrogen and oxygen atoms in total. The summed E-state index contributed by atoms with van der Waals surface area (Å²) in [5.74, 6) is -0.475. The second-order valence-corrected chi connectivity index (χ2v) is 6.85. The third kappa shape index (κ3) is 4.54. The van der Waals surface area contributed by atoms with Crippen LogP contribution in [-0.2, 0) is 10.8 Å². The predicted molar refractivity (Wildman–Crippen MR) is 84.3 cm³/mol. The summed E-state index contributed by atoms with van der Waals surface area (Å²) in [5.41, 5.74) is 0. The first-order chi connectivity index (χ1) is 9.54. The number of hydrogen-bond acceptors (Lipinski definition) is 2. The van der Waals surface area contributed by atoms with Crippen LogP contribution in [0.2, 0.25) is 5.02 Å². The first-order valence-corrected chi connectivity index (χ1v) is 8.73. The van der Waals surface area contributed by atoms with Gasteiger partial charge in [0, 0.05) is 10.9 Å². The van der Waals surface area contributed by atoms with Crippen LogP contribution in [0.4, 0.5) is 4.39 Å². The molecule has 0 saturated heterocycles. The molecule has 1 aromatic carbocycles. The van der Waals surface area contributed by atoms with Crippen LogP contribution in [0, 0.1) is 5.82 Å². The molecule has 0 heterocycles. The minimum absolute atomic E-state index is 0.0106. The Morgan fingerprint density at radius 3 is 2.55 bits per heavy atom. The average Bonchev–Trinajstić information content (AvgIpc) is 2.43. The van der Waals surface area contributed by atoms with Gasteiger partial charge in [0.2, 0.25) is 0 Å². The maximum absolute atomic E-state index is 13.2. The molecule has 0 aromatic heterocycles. The fraction of sp³-hybridized carbons (Fsp3) is 0.600. The van der Waals surface area contributed by atoms with Crippen LogP contribution in [0.5, 0.6) is 0 Å². The minimum Gasteiger partial charge on any atom is -0.313 e. The van der Waals surface area contributed by atoms with Crippen molar-refractivity contribution < 1.29 is 8.60 Å². The summed E-state index contributed by atoms with van der Waals surface area (Å²) in [6.07, 6.45) is 2.82. The highest BCUT2D eigenvalue weighted by Crippen LogP contribution is 2.23. The molecule has 5 heteroatoms. The van der Waals surface area contributed by atoms with Gasteiger partial charge >= 0.3 is 0 Å². The molecule has 0 spiro atoms. The monoisotopic (exact) mass is 319 g/mol. The number of benzene rings is 1. The van der Waals surface area contributed by atoms with Crippen molar-refractivity contribution in [3.63, 3.8) is 0 Å². The maximum Gasteiger partial charge on any atom is 0.141 e. The molecule has 1 N–H and O–H groups in total. The molecule has 0 aliphatic heterocycles. The van der Waals surface area contributed by atoms with E-state index in [4.69, 9.17) is 11.6 Å². The van der Waals surface area contributed by atoms with Crippen LogP contribution in [0.1, 0.15) is 40.0 Å². The quantitative estimate of drug-likeness (QED) is 0.780.